The number of hydrogen-bond donors (Lipinski definition) is 0. The van der Waals surface area contributed by atoms with E-state index in [2.05, 4.69) is 4.98 Å². The summed E-state index contributed by atoms with van der Waals surface area (Å²) in [7, 11) is 0. The van der Waals surface area contributed by atoms with Gasteiger partial charge in [-0.05, 0) is 37.8 Å². The van der Waals surface area contributed by atoms with E-state index in [0.29, 0.717) is 24.0 Å². The number of ether oxygens (including phenoxy) is 1. The summed E-state index contributed by atoms with van der Waals surface area (Å²) in [5, 5.41) is 0. The second kappa shape index (κ2) is 5.80. The van der Waals surface area contributed by atoms with Crippen molar-refractivity contribution in [2.45, 2.75) is 39.0 Å². The third kappa shape index (κ3) is 3.29. The van der Waals surface area contributed by atoms with Crippen molar-refractivity contribution in [2.75, 3.05) is 6.61 Å². The Kier molecular flexibility index (Phi) is 4.13. The van der Waals surface area contributed by atoms with Crippen LogP contribution < -0.4 is 4.74 Å². The molecule has 1 aliphatic rings. The minimum absolute atomic E-state index is 0.0109. The Labute approximate surface area is 102 Å². The molecule has 1 aliphatic carbocycles. The van der Waals surface area contributed by atoms with Crippen molar-refractivity contribution in [3.8, 4) is 5.88 Å². The maximum atomic E-state index is 11.4. The zero-order valence-corrected chi connectivity index (χ0v) is 10.3. The fourth-order valence-electron chi connectivity index (χ4n) is 2.32. The maximum absolute atomic E-state index is 11.4. The van der Waals surface area contributed by atoms with Crippen LogP contribution >= 0.6 is 0 Å². The number of nitrogens with zero attached hydrogens (tertiary/aromatic N) is 1. The lowest BCUT2D eigenvalue weighted by Gasteiger charge is -2.21. The van der Waals surface area contributed by atoms with Crippen LogP contribution in [0.5, 0.6) is 5.88 Å². The normalized spacial score (nSPS) is 16.8. The molecular formula is C14H19NO2. The zero-order valence-electron chi connectivity index (χ0n) is 10.3. The molecule has 1 saturated carbocycles. The van der Waals surface area contributed by atoms with Crippen LogP contribution in [0.1, 0.15) is 49.4 Å². The van der Waals surface area contributed by atoms with Gasteiger partial charge in [-0.2, -0.15) is 0 Å². The van der Waals surface area contributed by atoms with E-state index in [4.69, 9.17) is 4.74 Å². The molecule has 1 fully saturated rings. The Bertz CT molecular complexity index is 384. The lowest BCUT2D eigenvalue weighted by molar-refractivity contribution is 0.101. The van der Waals surface area contributed by atoms with E-state index in [1.54, 1.807) is 25.3 Å². The standard InChI is InChI=1S/C14H19NO2/c1-11(16)13-8-5-9-15-14(13)17-10-12-6-3-2-4-7-12/h5,8-9,12H,2-4,6-7,10H2,1H3. The van der Waals surface area contributed by atoms with E-state index in [1.165, 1.54) is 32.1 Å². The topological polar surface area (TPSA) is 39.2 Å². The Hall–Kier alpha value is -1.38. The van der Waals surface area contributed by atoms with Crippen LogP contribution in [-0.4, -0.2) is 17.4 Å². The van der Waals surface area contributed by atoms with Crippen molar-refractivity contribution in [1.29, 1.82) is 0 Å². The lowest BCUT2D eigenvalue weighted by Crippen LogP contribution is -2.16. The molecule has 2 rings (SSSR count). The first kappa shape index (κ1) is 12.1. The molecule has 0 N–H and O–H groups in total. The molecule has 1 aromatic rings. The average Bonchev–Trinajstić information content (AvgIpc) is 2.38. The average molecular weight is 233 g/mol. The number of aromatic nitrogens is 1. The summed E-state index contributed by atoms with van der Waals surface area (Å²) in [5.41, 5.74) is 0.586. The molecule has 3 heteroatoms. The third-order valence-corrected chi connectivity index (χ3v) is 3.33. The highest BCUT2D eigenvalue weighted by Crippen LogP contribution is 2.25. The van der Waals surface area contributed by atoms with Crippen LogP contribution in [0, 0.1) is 5.92 Å². The summed E-state index contributed by atoms with van der Waals surface area (Å²) in [6, 6.07) is 3.54. The highest BCUT2D eigenvalue weighted by molar-refractivity contribution is 5.96. The summed E-state index contributed by atoms with van der Waals surface area (Å²) in [6.45, 7) is 2.24. The lowest BCUT2D eigenvalue weighted by atomic mass is 9.90. The minimum atomic E-state index is 0.0109. The van der Waals surface area contributed by atoms with Crippen molar-refractivity contribution < 1.29 is 9.53 Å². The molecule has 1 aromatic heterocycles. The van der Waals surface area contributed by atoms with E-state index in [0.717, 1.165) is 0 Å². The van der Waals surface area contributed by atoms with Crippen LogP contribution in [-0.2, 0) is 0 Å². The van der Waals surface area contributed by atoms with Gasteiger partial charge in [-0.1, -0.05) is 19.3 Å². The Morgan fingerprint density at radius 3 is 2.88 bits per heavy atom. The number of hydrogen-bond acceptors (Lipinski definition) is 3. The largest absolute Gasteiger partial charge is 0.477 e. The third-order valence-electron chi connectivity index (χ3n) is 3.33. The molecule has 0 amide bonds. The van der Waals surface area contributed by atoms with Gasteiger partial charge in [0, 0.05) is 6.20 Å². The van der Waals surface area contributed by atoms with Gasteiger partial charge >= 0.3 is 0 Å². The minimum Gasteiger partial charge on any atom is -0.477 e. The molecule has 0 unspecified atom stereocenters. The quantitative estimate of drug-likeness (QED) is 0.749. The van der Waals surface area contributed by atoms with E-state index >= 15 is 0 Å². The molecular weight excluding hydrogens is 214 g/mol. The second-order valence-corrected chi connectivity index (χ2v) is 4.73. The van der Waals surface area contributed by atoms with Crippen LogP contribution in [0.2, 0.25) is 0 Å². The molecule has 92 valence electrons. The highest BCUT2D eigenvalue weighted by Gasteiger charge is 2.16. The molecule has 0 atom stereocenters. The van der Waals surface area contributed by atoms with Crippen molar-refractivity contribution in [3.63, 3.8) is 0 Å². The smallest absolute Gasteiger partial charge is 0.224 e. The van der Waals surface area contributed by atoms with Gasteiger partial charge in [0.2, 0.25) is 5.88 Å². The first-order chi connectivity index (χ1) is 8.27. The Morgan fingerprint density at radius 1 is 1.41 bits per heavy atom. The molecule has 0 spiro atoms. The number of carbonyl (C=O) groups is 1. The number of pyridine rings is 1. The number of carbonyl (C=O) groups excluding carboxylic acids is 1. The number of Topliss-reactive ketones (excluding diaryl/α,β-unsaturated/α-hetero) is 1. The monoisotopic (exact) mass is 233 g/mol. The van der Waals surface area contributed by atoms with Crippen molar-refractivity contribution in [3.05, 3.63) is 23.9 Å². The van der Waals surface area contributed by atoms with Crippen molar-refractivity contribution in [2.24, 2.45) is 5.92 Å². The predicted molar refractivity (Wildman–Crippen MR) is 66.3 cm³/mol. The van der Waals surface area contributed by atoms with Gasteiger partial charge in [0.1, 0.15) is 0 Å². The maximum Gasteiger partial charge on any atom is 0.224 e. The fraction of sp³-hybridized carbons (Fsp3) is 0.571. The zero-order chi connectivity index (χ0) is 12.1. The van der Waals surface area contributed by atoms with Crippen molar-refractivity contribution in [1.82, 2.24) is 4.98 Å². The molecule has 0 saturated heterocycles. The van der Waals surface area contributed by atoms with Crippen LogP contribution in [0.3, 0.4) is 0 Å². The molecule has 1 heterocycles. The SMILES string of the molecule is CC(=O)c1cccnc1OCC1CCCCC1. The first-order valence-corrected chi connectivity index (χ1v) is 6.36. The van der Waals surface area contributed by atoms with E-state index < -0.39 is 0 Å². The molecule has 17 heavy (non-hydrogen) atoms. The van der Waals surface area contributed by atoms with Gasteiger partial charge in [0.25, 0.3) is 0 Å². The Balaban J connectivity index is 1.96. The summed E-state index contributed by atoms with van der Waals surface area (Å²) in [5.74, 6) is 1.13. The highest BCUT2D eigenvalue weighted by atomic mass is 16.5. The summed E-state index contributed by atoms with van der Waals surface area (Å²) >= 11 is 0. The van der Waals surface area contributed by atoms with Gasteiger partial charge < -0.3 is 4.74 Å². The van der Waals surface area contributed by atoms with Crippen LogP contribution in [0.4, 0.5) is 0 Å². The molecule has 3 nitrogen and oxygen atoms in total. The summed E-state index contributed by atoms with van der Waals surface area (Å²) < 4.78 is 5.71. The van der Waals surface area contributed by atoms with E-state index in [-0.39, 0.29) is 5.78 Å². The van der Waals surface area contributed by atoms with Gasteiger partial charge in [0.05, 0.1) is 12.2 Å². The van der Waals surface area contributed by atoms with Gasteiger partial charge in [-0.3, -0.25) is 4.79 Å². The number of ketones is 1. The first-order valence-electron chi connectivity index (χ1n) is 6.36. The summed E-state index contributed by atoms with van der Waals surface area (Å²) in [6.07, 6.45) is 8.09. The van der Waals surface area contributed by atoms with Gasteiger partial charge in [0.15, 0.2) is 5.78 Å². The van der Waals surface area contributed by atoms with Crippen molar-refractivity contribution >= 4 is 5.78 Å². The number of rotatable bonds is 4. The van der Waals surface area contributed by atoms with E-state index in [9.17, 15) is 4.79 Å². The summed E-state index contributed by atoms with van der Waals surface area (Å²) in [4.78, 5) is 15.5. The fourth-order valence-corrected chi connectivity index (χ4v) is 2.32. The van der Waals surface area contributed by atoms with Crippen LogP contribution in [0.15, 0.2) is 18.3 Å². The van der Waals surface area contributed by atoms with Crippen LogP contribution in [0.25, 0.3) is 0 Å². The molecule has 0 aliphatic heterocycles. The molecule has 0 aromatic carbocycles. The van der Waals surface area contributed by atoms with Gasteiger partial charge in [-0.15, -0.1) is 0 Å². The molecule has 0 bridgehead atoms. The van der Waals surface area contributed by atoms with Gasteiger partial charge in [-0.25, -0.2) is 4.98 Å². The van der Waals surface area contributed by atoms with E-state index in [1.807, 2.05) is 0 Å². The Morgan fingerprint density at radius 2 is 2.18 bits per heavy atom. The predicted octanol–water partition coefficient (Wildman–Crippen LogP) is 3.24. The second-order valence-electron chi connectivity index (χ2n) is 4.73. The molecule has 0 radical (unpaired) electrons.